The highest BCUT2D eigenvalue weighted by Gasteiger charge is 2.21. The first-order chi connectivity index (χ1) is 17.7. The van der Waals surface area contributed by atoms with E-state index >= 15 is 0 Å². The molecule has 0 aliphatic heterocycles. The van der Waals surface area contributed by atoms with Crippen molar-refractivity contribution in [2.75, 3.05) is 0 Å². The highest BCUT2D eigenvalue weighted by molar-refractivity contribution is 9.10. The van der Waals surface area contributed by atoms with E-state index in [2.05, 4.69) is 26.0 Å². The number of hydrogen-bond acceptors (Lipinski definition) is 6. The molecule has 0 aliphatic carbocycles. The van der Waals surface area contributed by atoms with Gasteiger partial charge in [-0.15, -0.1) is 0 Å². The smallest absolute Gasteiger partial charge is 0.313 e. The Bertz CT molecular complexity index is 1590. The molecule has 0 saturated carbocycles. The van der Waals surface area contributed by atoms with Crippen LogP contribution in [0.15, 0.2) is 69.0 Å². The molecule has 190 valence electrons. The summed E-state index contributed by atoms with van der Waals surface area (Å²) >= 11 is 15.9. The topological polar surface area (TPSA) is 99.6 Å². The van der Waals surface area contributed by atoms with Gasteiger partial charge in [-0.25, -0.2) is 4.98 Å². The number of nitro benzene ring substituents is 1. The van der Waals surface area contributed by atoms with E-state index in [1.54, 1.807) is 36.4 Å². The minimum absolute atomic E-state index is 0.000349. The summed E-state index contributed by atoms with van der Waals surface area (Å²) in [5, 5.41) is 17.1. The largest absolute Gasteiger partial charge is 0.481 e. The Labute approximate surface area is 230 Å². The molecule has 1 aromatic heterocycles. The summed E-state index contributed by atoms with van der Waals surface area (Å²) in [6, 6.07) is 15.1. The number of halogens is 3. The fourth-order valence-corrected chi connectivity index (χ4v) is 4.45. The Morgan fingerprint density at radius 2 is 1.95 bits per heavy atom. The van der Waals surface area contributed by atoms with Gasteiger partial charge in [-0.3, -0.25) is 14.9 Å². The molecule has 0 N–H and O–H groups in total. The Balaban J connectivity index is 1.74. The fourth-order valence-electron chi connectivity index (χ4n) is 3.62. The van der Waals surface area contributed by atoms with Crippen molar-refractivity contribution in [1.29, 1.82) is 0 Å². The van der Waals surface area contributed by atoms with Crippen LogP contribution in [0.5, 0.6) is 5.75 Å². The van der Waals surface area contributed by atoms with E-state index in [-0.39, 0.29) is 34.5 Å². The number of aromatic nitrogens is 2. The van der Waals surface area contributed by atoms with E-state index in [1.807, 2.05) is 19.9 Å². The Kier molecular flexibility index (Phi) is 8.26. The van der Waals surface area contributed by atoms with Crippen LogP contribution in [0, 0.1) is 10.1 Å². The molecular weight excluding hydrogens is 583 g/mol. The van der Waals surface area contributed by atoms with E-state index in [0.29, 0.717) is 32.9 Å². The average Bonchev–Trinajstić information content (AvgIpc) is 2.87. The van der Waals surface area contributed by atoms with Crippen LogP contribution >= 0.6 is 39.1 Å². The molecule has 1 heterocycles. The van der Waals surface area contributed by atoms with Crippen molar-refractivity contribution < 1.29 is 9.66 Å². The van der Waals surface area contributed by atoms with Crippen molar-refractivity contribution in [3.8, 4) is 5.75 Å². The lowest BCUT2D eigenvalue weighted by atomic mass is 10.1. The molecule has 37 heavy (non-hydrogen) atoms. The van der Waals surface area contributed by atoms with Gasteiger partial charge in [-0.2, -0.15) is 9.78 Å². The number of benzene rings is 3. The Morgan fingerprint density at radius 3 is 2.65 bits per heavy atom. The molecule has 0 radical (unpaired) electrons. The van der Waals surface area contributed by atoms with E-state index in [0.717, 1.165) is 10.9 Å². The van der Waals surface area contributed by atoms with Crippen LogP contribution in [0.3, 0.4) is 0 Å². The summed E-state index contributed by atoms with van der Waals surface area (Å²) in [4.78, 5) is 29.2. The van der Waals surface area contributed by atoms with E-state index in [1.165, 1.54) is 23.0 Å². The molecule has 4 rings (SSSR count). The molecule has 11 heteroatoms. The van der Waals surface area contributed by atoms with Crippen molar-refractivity contribution in [1.82, 2.24) is 9.66 Å². The van der Waals surface area contributed by atoms with Crippen LogP contribution in [0.1, 0.15) is 43.1 Å². The van der Waals surface area contributed by atoms with Gasteiger partial charge in [-0.05, 0) is 36.8 Å². The van der Waals surface area contributed by atoms with Crippen LogP contribution in [0.25, 0.3) is 10.9 Å². The lowest BCUT2D eigenvalue weighted by Crippen LogP contribution is -2.23. The third kappa shape index (κ3) is 5.84. The maximum atomic E-state index is 13.3. The molecule has 4 aromatic rings. The predicted octanol–water partition coefficient (Wildman–Crippen LogP) is 7.35. The predicted molar refractivity (Wildman–Crippen MR) is 149 cm³/mol. The highest BCUT2D eigenvalue weighted by Crippen LogP contribution is 2.37. The third-order valence-corrected chi connectivity index (χ3v) is 6.92. The highest BCUT2D eigenvalue weighted by atomic mass is 79.9. The molecule has 0 unspecified atom stereocenters. The summed E-state index contributed by atoms with van der Waals surface area (Å²) in [5.41, 5.74) is 0.855. The molecule has 0 amide bonds. The van der Waals surface area contributed by atoms with Gasteiger partial charge >= 0.3 is 5.69 Å². The van der Waals surface area contributed by atoms with Gasteiger partial charge < -0.3 is 4.74 Å². The molecule has 1 atom stereocenters. The zero-order valence-corrected chi connectivity index (χ0v) is 22.9. The second-order valence-corrected chi connectivity index (χ2v) is 10.0. The number of nitrogens with zero attached hydrogens (tertiary/aromatic N) is 4. The monoisotopic (exact) mass is 602 g/mol. The standard InChI is InChI=1S/C26H21BrCl2N4O4/c1-3-15(2)25-31-22-9-8-18(27)12-19(22)26(34)32(25)30-13-16-10-21(29)24(23(11-16)33(35)36)37-14-17-6-4-5-7-20(17)28/h4-13,15H,3,14H2,1-2H3/t15-/m0/s1. The molecule has 0 bridgehead atoms. The second kappa shape index (κ2) is 11.4. The zero-order valence-electron chi connectivity index (χ0n) is 19.8. The number of rotatable bonds is 8. The van der Waals surface area contributed by atoms with Crippen LogP contribution in [0.4, 0.5) is 5.69 Å². The van der Waals surface area contributed by atoms with Crippen LogP contribution < -0.4 is 10.3 Å². The Morgan fingerprint density at radius 1 is 1.19 bits per heavy atom. The summed E-state index contributed by atoms with van der Waals surface area (Å²) in [6.07, 6.45) is 2.08. The first-order valence-corrected chi connectivity index (χ1v) is 12.8. The van der Waals surface area contributed by atoms with Gasteiger partial charge in [0, 0.05) is 32.6 Å². The van der Waals surface area contributed by atoms with Crippen molar-refractivity contribution >= 4 is 61.9 Å². The SMILES string of the molecule is CC[C@H](C)c1nc2ccc(Br)cc2c(=O)n1N=Cc1cc(Cl)c(OCc2ccccc2Cl)c([N+](=O)[O-])c1. The van der Waals surface area contributed by atoms with Gasteiger partial charge in [0.25, 0.3) is 5.56 Å². The lowest BCUT2D eigenvalue weighted by molar-refractivity contribution is -0.385. The number of ether oxygens (including phenoxy) is 1. The summed E-state index contributed by atoms with van der Waals surface area (Å²) < 4.78 is 7.65. The molecular formula is C26H21BrCl2N4O4. The summed E-state index contributed by atoms with van der Waals surface area (Å²) in [5.74, 6) is 0.341. The van der Waals surface area contributed by atoms with Gasteiger partial charge in [0.15, 0.2) is 0 Å². The van der Waals surface area contributed by atoms with Gasteiger partial charge in [0.2, 0.25) is 5.75 Å². The number of nitro groups is 1. The first-order valence-electron chi connectivity index (χ1n) is 11.3. The van der Waals surface area contributed by atoms with E-state index < -0.39 is 4.92 Å². The zero-order chi connectivity index (χ0) is 26.7. The summed E-state index contributed by atoms with van der Waals surface area (Å²) in [7, 11) is 0. The molecule has 0 saturated heterocycles. The Hall–Kier alpha value is -3.27. The second-order valence-electron chi connectivity index (χ2n) is 8.29. The van der Waals surface area contributed by atoms with Crippen LogP contribution in [0.2, 0.25) is 10.0 Å². The van der Waals surface area contributed by atoms with Crippen molar-refractivity contribution in [3.05, 3.63) is 107 Å². The van der Waals surface area contributed by atoms with Crippen LogP contribution in [-0.4, -0.2) is 20.8 Å². The molecule has 0 spiro atoms. The van der Waals surface area contributed by atoms with Gasteiger partial charge in [0.1, 0.15) is 12.4 Å². The molecule has 8 nitrogen and oxygen atoms in total. The van der Waals surface area contributed by atoms with Crippen molar-refractivity contribution in [2.24, 2.45) is 5.10 Å². The number of fused-ring (bicyclic) bond motifs is 1. The molecule has 0 aliphatic rings. The quantitative estimate of drug-likeness (QED) is 0.119. The molecule has 0 fully saturated rings. The fraction of sp³-hybridized carbons (Fsp3) is 0.192. The first kappa shape index (κ1) is 26.8. The third-order valence-electron chi connectivity index (χ3n) is 5.78. The minimum Gasteiger partial charge on any atom is -0.481 e. The van der Waals surface area contributed by atoms with Gasteiger partial charge in [-0.1, -0.05) is 71.2 Å². The normalized spacial score (nSPS) is 12.2. The average molecular weight is 604 g/mol. The molecule has 3 aromatic carbocycles. The van der Waals surface area contributed by atoms with Gasteiger partial charge in [0.05, 0.1) is 27.1 Å². The maximum Gasteiger partial charge on any atom is 0.313 e. The van der Waals surface area contributed by atoms with Crippen molar-refractivity contribution in [3.63, 3.8) is 0 Å². The van der Waals surface area contributed by atoms with E-state index in [4.69, 9.17) is 27.9 Å². The maximum absolute atomic E-state index is 13.3. The van der Waals surface area contributed by atoms with E-state index in [9.17, 15) is 14.9 Å². The lowest BCUT2D eigenvalue weighted by Gasteiger charge is -2.14. The van der Waals surface area contributed by atoms with Crippen LogP contribution in [-0.2, 0) is 6.61 Å². The minimum atomic E-state index is -0.586. The van der Waals surface area contributed by atoms with Crippen molar-refractivity contribution in [2.45, 2.75) is 32.8 Å². The number of hydrogen-bond donors (Lipinski definition) is 0. The summed E-state index contributed by atoms with van der Waals surface area (Å²) in [6.45, 7) is 3.94.